The van der Waals surface area contributed by atoms with Crippen molar-refractivity contribution in [2.45, 2.75) is 107 Å². The molecule has 2 aliphatic carbocycles. The number of carbonyl (C=O) groups is 4. The van der Waals surface area contributed by atoms with Crippen molar-refractivity contribution < 1.29 is 41.8 Å². The molecule has 5 unspecified atom stereocenters. The number of pyridine rings is 1. The van der Waals surface area contributed by atoms with Gasteiger partial charge in [-0.25, -0.2) is 13.4 Å². The number of hydrogen-bond acceptors (Lipinski definition) is 11. The minimum atomic E-state index is -4.00. The smallest absolute Gasteiger partial charge is 0.272 e. The highest BCUT2D eigenvalue weighted by molar-refractivity contribution is 7.91. The second-order valence-corrected chi connectivity index (χ2v) is 18.4. The summed E-state index contributed by atoms with van der Waals surface area (Å²) >= 11 is 0. The van der Waals surface area contributed by atoms with Gasteiger partial charge < -0.3 is 29.7 Å². The van der Waals surface area contributed by atoms with Crippen LogP contribution in [0.3, 0.4) is 0 Å². The van der Waals surface area contributed by atoms with Gasteiger partial charge in [0.1, 0.15) is 40.9 Å². The summed E-state index contributed by atoms with van der Waals surface area (Å²) in [6, 6.07) is 4.48. The average molecular weight is 818 g/mol. The lowest BCUT2D eigenvalue weighted by molar-refractivity contribution is -0.140. The molecule has 3 fully saturated rings. The highest BCUT2D eigenvalue weighted by atomic mass is 32.2. The summed E-state index contributed by atoms with van der Waals surface area (Å²) in [4.78, 5) is 62.7. The molecular weight excluding hydrogens is 767 g/mol. The third-order valence-corrected chi connectivity index (χ3v) is 13.6. The molecule has 2 saturated carbocycles. The average Bonchev–Trinajstić information content (AvgIpc) is 3.97. The molecule has 0 radical (unpaired) electrons. The van der Waals surface area contributed by atoms with Crippen molar-refractivity contribution in [1.29, 1.82) is 0 Å². The van der Waals surface area contributed by atoms with E-state index < -0.39 is 62.1 Å². The Balaban J connectivity index is 1.24. The Morgan fingerprint density at radius 3 is 2.55 bits per heavy atom. The van der Waals surface area contributed by atoms with E-state index in [1.54, 1.807) is 45.5 Å². The zero-order valence-corrected chi connectivity index (χ0v) is 34.4. The topological polar surface area (TPSA) is 200 Å². The van der Waals surface area contributed by atoms with Crippen LogP contribution in [0.15, 0.2) is 54.8 Å². The predicted molar refractivity (Wildman–Crippen MR) is 214 cm³/mol. The van der Waals surface area contributed by atoms with Crippen LogP contribution in [0.1, 0.15) is 81.8 Å². The van der Waals surface area contributed by atoms with Crippen LogP contribution in [-0.4, -0.2) is 99.9 Å². The van der Waals surface area contributed by atoms with E-state index >= 15 is 0 Å². The summed E-state index contributed by atoms with van der Waals surface area (Å²) in [5.74, 6) is -1.58. The van der Waals surface area contributed by atoms with Gasteiger partial charge in [-0.1, -0.05) is 24.3 Å². The molecule has 16 nitrogen and oxygen atoms in total. The Bertz CT molecular complexity index is 2300. The second kappa shape index (κ2) is 15.7. The molecule has 2 aromatic heterocycles. The highest BCUT2D eigenvalue weighted by Crippen LogP contribution is 2.49. The fourth-order valence-corrected chi connectivity index (χ4v) is 9.02. The Morgan fingerprint density at radius 1 is 1.09 bits per heavy atom. The number of sulfonamides is 1. The van der Waals surface area contributed by atoms with E-state index in [0.717, 1.165) is 5.56 Å². The summed E-state index contributed by atoms with van der Waals surface area (Å²) < 4.78 is 47.4. The molecule has 3 N–H and O–H groups in total. The third-order valence-electron chi connectivity index (χ3n) is 11.5. The van der Waals surface area contributed by atoms with Gasteiger partial charge >= 0.3 is 0 Å². The van der Waals surface area contributed by atoms with Crippen LogP contribution in [0.2, 0.25) is 0 Å². The first-order chi connectivity index (χ1) is 27.5. The Morgan fingerprint density at radius 2 is 1.86 bits per heavy atom. The number of carbonyl (C=O) groups excluding carboxylic acids is 4. The van der Waals surface area contributed by atoms with Gasteiger partial charge in [-0.2, -0.15) is 5.10 Å². The van der Waals surface area contributed by atoms with Crippen molar-refractivity contribution in [3.05, 3.63) is 66.0 Å². The summed E-state index contributed by atoms with van der Waals surface area (Å²) in [7, 11) is -0.758. The van der Waals surface area contributed by atoms with E-state index in [2.05, 4.69) is 20.5 Å². The monoisotopic (exact) mass is 817 g/mol. The molecule has 0 bridgehead atoms. The second-order valence-electron chi connectivity index (χ2n) is 16.2. The molecular formula is C41H51N7O9S. The van der Waals surface area contributed by atoms with Crippen molar-refractivity contribution in [2.24, 2.45) is 13.0 Å². The van der Waals surface area contributed by atoms with Crippen molar-refractivity contribution >= 4 is 44.6 Å². The lowest BCUT2D eigenvalue weighted by Crippen LogP contribution is -2.58. The first-order valence-electron chi connectivity index (χ1n) is 19.7. The van der Waals surface area contributed by atoms with Crippen LogP contribution in [-0.2, 0) is 31.5 Å². The van der Waals surface area contributed by atoms with Crippen LogP contribution >= 0.6 is 0 Å². The molecule has 1 saturated heterocycles. The third kappa shape index (κ3) is 8.13. The SMILES string of the molecule is COc1ccc2c(OC3CC4C(=O)NC5(C(=O)NS(=O)(=O)C6(C)CC6)CC5CC/C=C/C/C=C/C(NC(=O)c5ccn(C)n5)C(=O)N4C3)cc(OC(C)C)nc2c1C. The summed E-state index contributed by atoms with van der Waals surface area (Å²) in [6.45, 7) is 7.16. The van der Waals surface area contributed by atoms with Crippen LogP contribution in [0, 0.1) is 12.8 Å². The number of nitrogens with one attached hydrogen (secondary N) is 3. The number of ether oxygens (including phenoxy) is 3. The van der Waals surface area contributed by atoms with E-state index in [1.807, 2.05) is 45.1 Å². The Hall–Kier alpha value is -5.45. The van der Waals surface area contributed by atoms with Gasteiger partial charge in [0, 0.05) is 36.7 Å². The number of amides is 4. The van der Waals surface area contributed by atoms with Crippen molar-refractivity contribution in [3.8, 4) is 17.4 Å². The number of fused-ring (bicyclic) bond motifs is 3. The Kier molecular flexibility index (Phi) is 11.0. The largest absolute Gasteiger partial charge is 0.496 e. The number of aromatic nitrogens is 3. The van der Waals surface area contributed by atoms with E-state index in [-0.39, 0.29) is 37.1 Å². The normalized spacial score (nSPS) is 26.6. The van der Waals surface area contributed by atoms with Crippen LogP contribution in [0.25, 0.3) is 10.9 Å². The summed E-state index contributed by atoms with van der Waals surface area (Å²) in [5.41, 5.74) is -0.0346. The number of hydrogen-bond donors (Lipinski definition) is 3. The minimum Gasteiger partial charge on any atom is -0.496 e. The number of rotatable bonds is 10. The molecule has 4 heterocycles. The van der Waals surface area contributed by atoms with E-state index in [4.69, 9.17) is 19.2 Å². The maximum atomic E-state index is 14.7. The number of aryl methyl sites for hydroxylation is 2. The van der Waals surface area contributed by atoms with Gasteiger partial charge in [-0.3, -0.25) is 28.6 Å². The quantitative estimate of drug-likeness (QED) is 0.254. The molecule has 4 amide bonds. The maximum Gasteiger partial charge on any atom is 0.272 e. The molecule has 4 aliphatic rings. The molecule has 7 rings (SSSR count). The lowest BCUT2D eigenvalue weighted by atomic mass is 10.1. The zero-order chi connectivity index (χ0) is 41.6. The van der Waals surface area contributed by atoms with Gasteiger partial charge in [-0.05, 0) is 90.3 Å². The molecule has 310 valence electrons. The van der Waals surface area contributed by atoms with Crippen LogP contribution in [0.5, 0.6) is 17.4 Å². The van der Waals surface area contributed by atoms with Crippen molar-refractivity contribution in [3.63, 3.8) is 0 Å². The van der Waals surface area contributed by atoms with Crippen molar-refractivity contribution in [1.82, 2.24) is 35.0 Å². The number of benzene rings is 1. The highest BCUT2D eigenvalue weighted by Gasteiger charge is 2.63. The van der Waals surface area contributed by atoms with Gasteiger partial charge in [0.05, 0.1) is 30.0 Å². The van der Waals surface area contributed by atoms with E-state index in [1.165, 1.54) is 15.6 Å². The lowest BCUT2D eigenvalue weighted by Gasteiger charge is -2.29. The van der Waals surface area contributed by atoms with Gasteiger partial charge in [0.15, 0.2) is 0 Å². The number of nitrogens with zero attached hydrogens (tertiary/aromatic N) is 4. The predicted octanol–water partition coefficient (Wildman–Crippen LogP) is 3.39. The molecule has 3 aromatic rings. The van der Waals surface area contributed by atoms with Gasteiger partial charge in [0.25, 0.3) is 11.8 Å². The number of methoxy groups -OCH3 is 1. The first kappa shape index (κ1) is 40.7. The van der Waals surface area contributed by atoms with Crippen molar-refractivity contribution in [2.75, 3.05) is 13.7 Å². The van der Waals surface area contributed by atoms with Crippen LogP contribution in [0.4, 0.5) is 0 Å². The van der Waals surface area contributed by atoms with Gasteiger partial charge in [-0.15, -0.1) is 0 Å². The molecule has 0 spiro atoms. The van der Waals surface area contributed by atoms with Crippen LogP contribution < -0.4 is 29.6 Å². The molecule has 17 heteroatoms. The molecule has 2 aliphatic heterocycles. The Labute approximate surface area is 337 Å². The summed E-state index contributed by atoms with van der Waals surface area (Å²) in [6.07, 6.45) is 10.5. The fourth-order valence-electron chi connectivity index (χ4n) is 7.71. The first-order valence-corrected chi connectivity index (χ1v) is 21.2. The standard InChI is InChI=1S/C41H51N7O9S/c1-24(2)56-34-21-33(28-14-15-32(55-6)25(3)35(28)43-34)57-27-20-31-37(50)44-41(39(52)46-58(53,54)40(4)17-18-40)22-26(41)12-10-8-7-9-11-13-30(38(51)48(31)23-27)42-36(49)29-16-19-47(5)45-29/h7-8,11,13-16,19,21,24,26-27,30-31H,9-10,12,17-18,20,22-23H2,1-6H3,(H,42,49)(H,44,50)(H,46,52)/b8-7+,13-11+. The summed E-state index contributed by atoms with van der Waals surface area (Å²) in [5, 5.41) is 10.5. The number of allylic oxidation sites excluding steroid dienone is 3. The molecule has 58 heavy (non-hydrogen) atoms. The molecule has 5 atom stereocenters. The van der Waals surface area contributed by atoms with Gasteiger partial charge in [0.2, 0.25) is 27.7 Å². The zero-order valence-electron chi connectivity index (χ0n) is 33.6. The molecule has 1 aromatic carbocycles. The minimum absolute atomic E-state index is 0.0157. The fraction of sp³-hybridized carbons (Fsp3) is 0.512. The maximum absolute atomic E-state index is 14.7. The van der Waals surface area contributed by atoms with E-state index in [9.17, 15) is 27.6 Å². The van der Waals surface area contributed by atoms with E-state index in [0.29, 0.717) is 60.4 Å².